The highest BCUT2D eigenvalue weighted by atomic mass is 16.5. The molecule has 35 heavy (non-hydrogen) atoms. The molecular weight excluding hydrogens is 442 g/mol. The molecule has 1 aliphatic heterocycles. The van der Waals surface area contributed by atoms with Gasteiger partial charge in [-0.3, -0.25) is 14.5 Å². The van der Waals surface area contributed by atoms with Crippen LogP contribution in [-0.4, -0.2) is 31.0 Å². The van der Waals surface area contributed by atoms with Crippen molar-refractivity contribution in [2.24, 2.45) is 0 Å². The molecule has 1 saturated heterocycles. The highest BCUT2D eigenvalue weighted by Gasteiger charge is 2.48. The van der Waals surface area contributed by atoms with Crippen molar-refractivity contribution >= 4 is 23.1 Å². The van der Waals surface area contributed by atoms with Gasteiger partial charge in [-0.2, -0.15) is 0 Å². The summed E-state index contributed by atoms with van der Waals surface area (Å²) in [5.74, 6) is -0.595. The van der Waals surface area contributed by atoms with Gasteiger partial charge < -0.3 is 14.6 Å². The average molecular weight is 472 g/mol. The normalized spacial score (nSPS) is 17.5. The third-order valence-corrected chi connectivity index (χ3v) is 6.25. The van der Waals surface area contributed by atoms with Crippen LogP contribution < -0.4 is 14.4 Å². The molecular formula is C29H29NO5. The number of anilines is 1. The van der Waals surface area contributed by atoms with Crippen molar-refractivity contribution in [3.05, 3.63) is 95.1 Å². The second kappa shape index (κ2) is 9.29. The summed E-state index contributed by atoms with van der Waals surface area (Å²) >= 11 is 0. The lowest BCUT2D eigenvalue weighted by Gasteiger charge is -2.27. The van der Waals surface area contributed by atoms with Gasteiger partial charge in [-0.15, -0.1) is 0 Å². The maximum atomic E-state index is 13.4. The smallest absolute Gasteiger partial charge is 0.300 e. The van der Waals surface area contributed by atoms with E-state index in [1.807, 2.05) is 36.4 Å². The molecule has 1 atom stereocenters. The zero-order valence-electron chi connectivity index (χ0n) is 20.5. The minimum absolute atomic E-state index is 0.00423. The van der Waals surface area contributed by atoms with Crippen LogP contribution in [0.15, 0.2) is 78.4 Å². The maximum Gasteiger partial charge on any atom is 0.300 e. The van der Waals surface area contributed by atoms with E-state index < -0.39 is 17.7 Å². The first-order chi connectivity index (χ1) is 16.7. The van der Waals surface area contributed by atoms with Gasteiger partial charge in [0.05, 0.1) is 25.8 Å². The SMILES string of the molecule is COc1ccc(/C(O)=C2\C(=O)C(=O)N(c3ccc(C(C)(C)C)cc3)C2c2ccccc2OC)cc1. The van der Waals surface area contributed by atoms with Gasteiger partial charge in [-0.1, -0.05) is 51.1 Å². The Labute approximate surface area is 205 Å². The van der Waals surface area contributed by atoms with Crippen LogP contribution in [0.1, 0.15) is 43.5 Å². The fraction of sp³-hybridized carbons (Fsp3) is 0.241. The lowest BCUT2D eigenvalue weighted by molar-refractivity contribution is -0.132. The van der Waals surface area contributed by atoms with E-state index in [-0.39, 0.29) is 16.7 Å². The van der Waals surface area contributed by atoms with Crippen LogP contribution in [0.4, 0.5) is 5.69 Å². The number of methoxy groups -OCH3 is 2. The Morgan fingerprint density at radius 1 is 0.857 bits per heavy atom. The number of benzene rings is 3. The van der Waals surface area contributed by atoms with Crippen molar-refractivity contribution < 1.29 is 24.2 Å². The van der Waals surface area contributed by atoms with E-state index in [1.54, 1.807) is 43.5 Å². The largest absolute Gasteiger partial charge is 0.507 e. The van der Waals surface area contributed by atoms with Gasteiger partial charge in [-0.25, -0.2) is 0 Å². The number of hydrogen-bond donors (Lipinski definition) is 1. The van der Waals surface area contributed by atoms with Crippen molar-refractivity contribution in [1.29, 1.82) is 0 Å². The minimum Gasteiger partial charge on any atom is -0.507 e. The zero-order chi connectivity index (χ0) is 25.3. The zero-order valence-corrected chi connectivity index (χ0v) is 20.5. The van der Waals surface area contributed by atoms with E-state index in [4.69, 9.17) is 9.47 Å². The summed E-state index contributed by atoms with van der Waals surface area (Å²) in [6, 6.07) is 20.6. The van der Waals surface area contributed by atoms with Crippen LogP contribution in [0.25, 0.3) is 5.76 Å². The highest BCUT2D eigenvalue weighted by Crippen LogP contribution is 2.45. The Kier molecular flexibility index (Phi) is 6.39. The number of aliphatic hydroxyl groups excluding tert-OH is 1. The number of carbonyl (C=O) groups excluding carboxylic acids is 2. The Bertz CT molecular complexity index is 1280. The first kappa shape index (κ1) is 24.1. The van der Waals surface area contributed by atoms with Crippen molar-refractivity contribution in [1.82, 2.24) is 0 Å². The number of rotatable bonds is 5. The minimum atomic E-state index is -0.867. The van der Waals surface area contributed by atoms with Crippen LogP contribution in [-0.2, 0) is 15.0 Å². The number of nitrogens with zero attached hydrogens (tertiary/aromatic N) is 1. The van der Waals surface area contributed by atoms with Gasteiger partial charge >= 0.3 is 0 Å². The first-order valence-corrected chi connectivity index (χ1v) is 11.4. The molecule has 1 fully saturated rings. The molecule has 1 aliphatic rings. The van der Waals surface area contributed by atoms with Crippen LogP contribution in [0.5, 0.6) is 11.5 Å². The molecule has 0 aliphatic carbocycles. The Morgan fingerprint density at radius 3 is 2.06 bits per heavy atom. The number of hydrogen-bond acceptors (Lipinski definition) is 5. The predicted octanol–water partition coefficient (Wildman–Crippen LogP) is 5.63. The summed E-state index contributed by atoms with van der Waals surface area (Å²) in [6.45, 7) is 6.33. The van der Waals surface area contributed by atoms with Crippen LogP contribution >= 0.6 is 0 Å². The summed E-state index contributed by atoms with van der Waals surface area (Å²) in [7, 11) is 3.08. The molecule has 1 heterocycles. The molecule has 0 aromatic heterocycles. The van der Waals surface area contributed by atoms with Crippen molar-refractivity contribution in [3.8, 4) is 11.5 Å². The van der Waals surface area contributed by atoms with Crippen LogP contribution in [0, 0.1) is 0 Å². The molecule has 3 aromatic rings. The number of aliphatic hydroxyl groups is 1. The quantitative estimate of drug-likeness (QED) is 0.297. The predicted molar refractivity (Wildman–Crippen MR) is 136 cm³/mol. The second-order valence-electron chi connectivity index (χ2n) is 9.44. The van der Waals surface area contributed by atoms with E-state index in [0.717, 1.165) is 5.56 Å². The summed E-state index contributed by atoms with van der Waals surface area (Å²) in [6.07, 6.45) is 0. The summed E-state index contributed by atoms with van der Waals surface area (Å²) in [5.41, 5.74) is 2.61. The van der Waals surface area contributed by atoms with E-state index >= 15 is 0 Å². The van der Waals surface area contributed by atoms with E-state index in [9.17, 15) is 14.7 Å². The van der Waals surface area contributed by atoms with Crippen LogP contribution in [0.2, 0.25) is 0 Å². The molecule has 1 amide bonds. The number of ether oxygens (including phenoxy) is 2. The standard InChI is InChI=1S/C29H29NO5/c1-29(2,3)19-12-14-20(15-13-19)30-25(22-8-6-7-9-23(22)35-5)24(27(32)28(30)33)26(31)18-10-16-21(34-4)17-11-18/h6-17,25,31H,1-5H3/b26-24+. The van der Waals surface area contributed by atoms with Crippen LogP contribution in [0.3, 0.4) is 0 Å². The molecule has 0 bridgehead atoms. The third-order valence-electron chi connectivity index (χ3n) is 6.25. The van der Waals surface area contributed by atoms with E-state index in [2.05, 4.69) is 20.8 Å². The fourth-order valence-electron chi connectivity index (χ4n) is 4.31. The third kappa shape index (κ3) is 4.39. The number of carbonyl (C=O) groups is 2. The second-order valence-corrected chi connectivity index (χ2v) is 9.44. The molecule has 180 valence electrons. The maximum absolute atomic E-state index is 13.4. The van der Waals surface area contributed by atoms with Crippen molar-refractivity contribution in [3.63, 3.8) is 0 Å². The van der Waals surface area contributed by atoms with Gasteiger partial charge in [0.2, 0.25) is 0 Å². The highest BCUT2D eigenvalue weighted by molar-refractivity contribution is 6.51. The molecule has 6 nitrogen and oxygen atoms in total. The first-order valence-electron chi connectivity index (χ1n) is 11.4. The summed E-state index contributed by atoms with van der Waals surface area (Å²) in [4.78, 5) is 28.2. The molecule has 0 saturated carbocycles. The summed E-state index contributed by atoms with van der Waals surface area (Å²) < 4.78 is 10.8. The number of amides is 1. The van der Waals surface area contributed by atoms with Crippen molar-refractivity contribution in [2.45, 2.75) is 32.2 Å². The van der Waals surface area contributed by atoms with E-state index in [0.29, 0.717) is 28.3 Å². The van der Waals surface area contributed by atoms with Gasteiger partial charge in [0, 0.05) is 16.8 Å². The Balaban J connectivity index is 1.92. The molecule has 4 rings (SSSR count). The summed E-state index contributed by atoms with van der Waals surface area (Å²) in [5, 5.41) is 11.3. The topological polar surface area (TPSA) is 76.1 Å². The van der Waals surface area contributed by atoms with Gasteiger partial charge in [0.1, 0.15) is 17.3 Å². The number of Topliss-reactive ketones (excluding diaryl/α,β-unsaturated/α-hetero) is 1. The van der Waals surface area contributed by atoms with Crippen molar-refractivity contribution in [2.75, 3.05) is 19.1 Å². The van der Waals surface area contributed by atoms with Gasteiger partial charge in [0.25, 0.3) is 11.7 Å². The number of para-hydroxylation sites is 1. The lowest BCUT2D eigenvalue weighted by atomic mass is 9.87. The molecule has 6 heteroatoms. The number of ketones is 1. The molecule has 1 N–H and O–H groups in total. The Morgan fingerprint density at radius 2 is 1.49 bits per heavy atom. The molecule has 1 unspecified atom stereocenters. The molecule has 0 radical (unpaired) electrons. The fourth-order valence-corrected chi connectivity index (χ4v) is 4.31. The molecule has 3 aromatic carbocycles. The molecule has 0 spiro atoms. The lowest BCUT2D eigenvalue weighted by Crippen LogP contribution is -2.29. The Hall–Kier alpha value is -4.06. The average Bonchev–Trinajstić information content (AvgIpc) is 3.13. The van der Waals surface area contributed by atoms with Gasteiger partial charge in [-0.05, 0) is 53.4 Å². The monoisotopic (exact) mass is 471 g/mol. The van der Waals surface area contributed by atoms with E-state index in [1.165, 1.54) is 12.0 Å². The van der Waals surface area contributed by atoms with Gasteiger partial charge in [0.15, 0.2) is 0 Å².